The molecule has 2 aliphatic rings. The third-order valence-corrected chi connectivity index (χ3v) is 6.02. The maximum absolute atomic E-state index is 6.02. The van der Waals surface area contributed by atoms with Crippen LogP contribution in [0.25, 0.3) is 0 Å². The molecule has 106 valence electrons. The maximum atomic E-state index is 6.02. The molecule has 0 bridgehead atoms. The second-order valence-corrected chi connectivity index (χ2v) is 7.57. The van der Waals surface area contributed by atoms with Crippen molar-refractivity contribution >= 4 is 22.9 Å². The average Bonchev–Trinajstić information content (AvgIpc) is 2.88. The molecule has 0 aromatic carbocycles. The zero-order valence-electron chi connectivity index (χ0n) is 11.4. The van der Waals surface area contributed by atoms with Crippen LogP contribution >= 0.6 is 22.9 Å². The topological polar surface area (TPSA) is 25.4 Å². The number of hydrogen-bond donors (Lipinski definition) is 0. The van der Waals surface area contributed by atoms with Crippen molar-refractivity contribution in [3.8, 4) is 0 Å². The monoisotopic (exact) mass is 300 g/mol. The van der Waals surface area contributed by atoms with Gasteiger partial charge in [-0.2, -0.15) is 0 Å². The third-order valence-electron chi connectivity index (χ3n) is 4.60. The Morgan fingerprint density at radius 2 is 2.05 bits per heavy atom. The minimum absolute atomic E-state index is 0.222. The summed E-state index contributed by atoms with van der Waals surface area (Å²) >= 11 is 7.67. The lowest BCUT2D eigenvalue weighted by atomic mass is 9.80. The van der Waals surface area contributed by atoms with Crippen LogP contribution in [0.2, 0.25) is 4.34 Å². The van der Waals surface area contributed by atoms with E-state index in [0.717, 1.165) is 23.6 Å². The van der Waals surface area contributed by atoms with E-state index < -0.39 is 0 Å². The molecule has 0 saturated carbocycles. The first-order valence-corrected chi connectivity index (χ1v) is 8.30. The van der Waals surface area contributed by atoms with Crippen LogP contribution in [0.15, 0.2) is 6.20 Å². The van der Waals surface area contributed by atoms with Crippen LogP contribution < -0.4 is 0 Å². The number of thiazole rings is 1. The molecule has 0 N–H and O–H groups in total. The quantitative estimate of drug-likeness (QED) is 0.838. The molecule has 1 aromatic heterocycles. The van der Waals surface area contributed by atoms with Gasteiger partial charge in [-0.25, -0.2) is 4.98 Å². The number of ether oxygens (including phenoxy) is 1. The summed E-state index contributed by atoms with van der Waals surface area (Å²) in [6.07, 6.45) is 6.56. The smallest absolute Gasteiger partial charge is 0.113 e. The Hall–Kier alpha value is -0.160. The second kappa shape index (κ2) is 5.68. The molecule has 0 atom stereocenters. The maximum Gasteiger partial charge on any atom is 0.113 e. The van der Waals surface area contributed by atoms with Crippen LogP contribution in [0.4, 0.5) is 0 Å². The van der Waals surface area contributed by atoms with E-state index in [1.165, 1.54) is 43.8 Å². The first kappa shape index (κ1) is 13.8. The second-order valence-electron chi connectivity index (χ2n) is 5.91. The molecule has 3 rings (SSSR count). The Balaban J connectivity index is 1.62. The zero-order valence-corrected chi connectivity index (χ0v) is 13.0. The van der Waals surface area contributed by atoms with Crippen LogP contribution in [0, 0.1) is 0 Å². The molecule has 3 nitrogen and oxygen atoms in total. The molecule has 1 aromatic rings. The summed E-state index contributed by atoms with van der Waals surface area (Å²) in [7, 11) is 0. The molecular weight excluding hydrogens is 280 g/mol. The number of nitrogens with zero attached hydrogens (tertiary/aromatic N) is 2. The van der Waals surface area contributed by atoms with E-state index in [1.807, 2.05) is 0 Å². The molecule has 5 heteroatoms. The van der Waals surface area contributed by atoms with Gasteiger partial charge in [0.25, 0.3) is 0 Å². The predicted molar refractivity (Wildman–Crippen MR) is 79.1 cm³/mol. The third kappa shape index (κ3) is 2.97. The van der Waals surface area contributed by atoms with Gasteiger partial charge in [-0.05, 0) is 38.8 Å². The number of hydrogen-bond acceptors (Lipinski definition) is 4. The summed E-state index contributed by atoms with van der Waals surface area (Å²) in [5.41, 5.74) is 0.222. The minimum atomic E-state index is 0.222. The fourth-order valence-corrected chi connectivity index (χ4v) is 4.29. The molecule has 2 saturated heterocycles. The number of piperidine rings is 1. The van der Waals surface area contributed by atoms with Gasteiger partial charge in [0.15, 0.2) is 0 Å². The standard InChI is InChI=1S/C14H21ClN2OS/c1-14(13-16-10-12(15)19-13)4-6-17(7-5-14)11-2-8-18-9-3-11/h10-11H,2-9H2,1H3. The van der Waals surface area contributed by atoms with Crippen molar-refractivity contribution in [1.82, 2.24) is 9.88 Å². The lowest BCUT2D eigenvalue weighted by Crippen LogP contribution is -2.47. The van der Waals surface area contributed by atoms with Gasteiger partial charge in [0.1, 0.15) is 4.34 Å². The number of aromatic nitrogens is 1. The number of halogens is 1. The van der Waals surface area contributed by atoms with Gasteiger partial charge in [0, 0.05) is 24.7 Å². The van der Waals surface area contributed by atoms with Crippen molar-refractivity contribution in [2.75, 3.05) is 26.3 Å². The summed E-state index contributed by atoms with van der Waals surface area (Å²) in [5, 5.41) is 1.21. The minimum Gasteiger partial charge on any atom is -0.381 e. The highest BCUT2D eigenvalue weighted by Gasteiger charge is 2.36. The first-order chi connectivity index (χ1) is 9.17. The zero-order chi connectivity index (χ0) is 13.3. The average molecular weight is 301 g/mol. The molecule has 19 heavy (non-hydrogen) atoms. The normalized spacial score (nSPS) is 25.6. The Morgan fingerprint density at radius 1 is 1.37 bits per heavy atom. The molecule has 2 aliphatic heterocycles. The van der Waals surface area contributed by atoms with Gasteiger partial charge in [-0.15, -0.1) is 11.3 Å². The van der Waals surface area contributed by atoms with Crippen LogP contribution in [0.3, 0.4) is 0 Å². The lowest BCUT2D eigenvalue weighted by Gasteiger charge is -2.42. The van der Waals surface area contributed by atoms with Crippen LogP contribution in [-0.4, -0.2) is 42.2 Å². The summed E-state index contributed by atoms with van der Waals surface area (Å²) in [5.74, 6) is 0. The molecule has 0 unspecified atom stereocenters. The molecule has 0 spiro atoms. The van der Waals surface area contributed by atoms with Crippen molar-refractivity contribution in [1.29, 1.82) is 0 Å². The number of likely N-dealkylation sites (tertiary alicyclic amines) is 1. The van der Waals surface area contributed by atoms with E-state index in [-0.39, 0.29) is 5.41 Å². The van der Waals surface area contributed by atoms with Crippen molar-refractivity contribution in [2.24, 2.45) is 0 Å². The molecular formula is C14H21ClN2OS. The highest BCUT2D eigenvalue weighted by molar-refractivity contribution is 7.15. The van der Waals surface area contributed by atoms with Crippen molar-refractivity contribution in [3.63, 3.8) is 0 Å². The molecule has 0 aliphatic carbocycles. The van der Waals surface area contributed by atoms with Gasteiger partial charge >= 0.3 is 0 Å². The Bertz CT molecular complexity index is 423. The fraction of sp³-hybridized carbons (Fsp3) is 0.786. The molecule has 0 radical (unpaired) electrons. The first-order valence-electron chi connectivity index (χ1n) is 7.11. The summed E-state index contributed by atoms with van der Waals surface area (Å²) < 4.78 is 6.26. The summed E-state index contributed by atoms with van der Waals surface area (Å²) in [6.45, 7) is 6.56. The van der Waals surface area contributed by atoms with Gasteiger partial charge in [-0.1, -0.05) is 18.5 Å². The van der Waals surface area contributed by atoms with Gasteiger partial charge < -0.3 is 9.64 Å². The molecule has 3 heterocycles. The summed E-state index contributed by atoms with van der Waals surface area (Å²) in [4.78, 5) is 7.15. The number of rotatable bonds is 2. The van der Waals surface area contributed by atoms with Crippen LogP contribution in [-0.2, 0) is 10.2 Å². The van der Waals surface area contributed by atoms with Crippen LogP contribution in [0.5, 0.6) is 0 Å². The van der Waals surface area contributed by atoms with Crippen molar-refractivity contribution in [3.05, 3.63) is 15.5 Å². The Kier molecular flexibility index (Phi) is 4.13. The van der Waals surface area contributed by atoms with E-state index in [9.17, 15) is 0 Å². The van der Waals surface area contributed by atoms with E-state index in [0.29, 0.717) is 0 Å². The summed E-state index contributed by atoms with van der Waals surface area (Å²) in [6, 6.07) is 0.734. The van der Waals surface area contributed by atoms with E-state index in [2.05, 4.69) is 16.8 Å². The highest BCUT2D eigenvalue weighted by Crippen LogP contribution is 2.39. The van der Waals surface area contributed by atoms with E-state index in [4.69, 9.17) is 16.3 Å². The van der Waals surface area contributed by atoms with Gasteiger partial charge in [0.2, 0.25) is 0 Å². The predicted octanol–water partition coefficient (Wildman–Crippen LogP) is 3.33. The van der Waals surface area contributed by atoms with Gasteiger partial charge in [0.05, 0.1) is 11.2 Å². The molecule has 0 amide bonds. The van der Waals surface area contributed by atoms with E-state index >= 15 is 0 Å². The van der Waals surface area contributed by atoms with Gasteiger partial charge in [-0.3, -0.25) is 0 Å². The Morgan fingerprint density at radius 3 is 2.63 bits per heavy atom. The molecule has 2 fully saturated rings. The van der Waals surface area contributed by atoms with Crippen molar-refractivity contribution in [2.45, 2.75) is 44.1 Å². The SMILES string of the molecule is CC1(c2ncc(Cl)s2)CCN(C2CCOCC2)CC1. The fourth-order valence-electron chi connectivity index (χ4n) is 3.18. The van der Waals surface area contributed by atoms with E-state index in [1.54, 1.807) is 17.5 Å². The van der Waals surface area contributed by atoms with Crippen LogP contribution in [0.1, 0.15) is 37.6 Å². The van der Waals surface area contributed by atoms with Crippen molar-refractivity contribution < 1.29 is 4.74 Å². The largest absolute Gasteiger partial charge is 0.381 e. The lowest BCUT2D eigenvalue weighted by molar-refractivity contribution is 0.0186. The Labute approximate surface area is 123 Å². The highest BCUT2D eigenvalue weighted by atomic mass is 35.5.